The third-order valence-corrected chi connectivity index (χ3v) is 3.90. The average Bonchev–Trinajstić information content (AvgIpc) is 2.90. The number of hydrogen-bond donors (Lipinski definition) is 2. The summed E-state index contributed by atoms with van der Waals surface area (Å²) in [6.07, 6.45) is 1.23. The lowest BCUT2D eigenvalue weighted by atomic mass is 10.1. The maximum Gasteiger partial charge on any atom is 0.322 e. The van der Waals surface area contributed by atoms with Gasteiger partial charge in [-0.3, -0.25) is 4.79 Å². The molecule has 0 bridgehead atoms. The number of benzene rings is 1. The second-order valence-electron chi connectivity index (χ2n) is 4.86. The second kappa shape index (κ2) is 4.74. The Bertz CT molecular complexity index is 517. The Morgan fingerprint density at radius 3 is 2.84 bits per heavy atom. The maximum absolute atomic E-state index is 12.2. The number of nitrogens with one attached hydrogen (secondary N) is 2. The molecule has 2 aliphatic heterocycles. The topological polar surface area (TPSA) is 61.4 Å². The number of carbonyl (C=O) groups excluding carboxylic acids is 2. The highest BCUT2D eigenvalue weighted by Gasteiger charge is 2.43. The first kappa shape index (κ1) is 12.3. The summed E-state index contributed by atoms with van der Waals surface area (Å²) in [4.78, 5) is 25.3. The van der Waals surface area contributed by atoms with Crippen molar-refractivity contribution in [3.8, 4) is 0 Å². The molecular formula is C13H14ClN3O2. The predicted molar refractivity (Wildman–Crippen MR) is 72.1 cm³/mol. The highest BCUT2D eigenvalue weighted by molar-refractivity contribution is 6.30. The average molecular weight is 280 g/mol. The molecule has 0 aliphatic carbocycles. The molecule has 2 heterocycles. The molecule has 100 valence electrons. The monoisotopic (exact) mass is 279 g/mol. The lowest BCUT2D eigenvalue weighted by Crippen LogP contribution is -2.41. The number of carbonyl (C=O) groups is 2. The van der Waals surface area contributed by atoms with E-state index >= 15 is 0 Å². The molecule has 2 fully saturated rings. The van der Waals surface area contributed by atoms with Gasteiger partial charge in [0.05, 0.1) is 12.1 Å². The fourth-order valence-corrected chi connectivity index (χ4v) is 2.84. The van der Waals surface area contributed by atoms with Gasteiger partial charge in [0.25, 0.3) is 0 Å². The number of anilines is 1. The maximum atomic E-state index is 12.2. The summed E-state index contributed by atoms with van der Waals surface area (Å²) in [6, 6.07) is 6.90. The van der Waals surface area contributed by atoms with Crippen molar-refractivity contribution in [3.63, 3.8) is 0 Å². The molecule has 0 saturated carbocycles. The van der Waals surface area contributed by atoms with Crippen LogP contribution in [0.15, 0.2) is 24.3 Å². The van der Waals surface area contributed by atoms with E-state index in [4.69, 9.17) is 11.6 Å². The number of halogens is 1. The fourth-order valence-electron chi connectivity index (χ4n) is 2.71. The summed E-state index contributed by atoms with van der Waals surface area (Å²) in [6.45, 7) is 0.676. The molecule has 0 spiro atoms. The Hall–Kier alpha value is -1.75. The van der Waals surface area contributed by atoms with E-state index in [-0.39, 0.29) is 24.0 Å². The molecule has 0 unspecified atom stereocenters. The van der Waals surface area contributed by atoms with E-state index in [1.165, 1.54) is 0 Å². The number of amides is 3. The fraction of sp³-hybridized carbons (Fsp3) is 0.385. The van der Waals surface area contributed by atoms with Gasteiger partial charge in [0, 0.05) is 23.7 Å². The van der Waals surface area contributed by atoms with Gasteiger partial charge in [-0.1, -0.05) is 11.6 Å². The molecule has 0 aromatic heterocycles. The van der Waals surface area contributed by atoms with Crippen LogP contribution in [0.3, 0.4) is 0 Å². The third-order valence-electron chi connectivity index (χ3n) is 3.64. The van der Waals surface area contributed by atoms with Crippen LogP contribution in [0.4, 0.5) is 10.5 Å². The smallest absolute Gasteiger partial charge is 0.322 e. The van der Waals surface area contributed by atoms with Gasteiger partial charge in [-0.15, -0.1) is 0 Å². The van der Waals surface area contributed by atoms with Gasteiger partial charge in [-0.05, 0) is 30.7 Å². The Morgan fingerprint density at radius 1 is 1.37 bits per heavy atom. The van der Waals surface area contributed by atoms with Crippen molar-refractivity contribution < 1.29 is 9.59 Å². The lowest BCUT2D eigenvalue weighted by molar-refractivity contribution is -0.119. The molecule has 2 atom stereocenters. The van der Waals surface area contributed by atoms with Gasteiger partial charge in [-0.2, -0.15) is 0 Å². The summed E-state index contributed by atoms with van der Waals surface area (Å²) in [5, 5.41) is 6.35. The minimum atomic E-state index is -0.161. The zero-order chi connectivity index (χ0) is 13.4. The van der Waals surface area contributed by atoms with E-state index in [9.17, 15) is 9.59 Å². The summed E-state index contributed by atoms with van der Waals surface area (Å²) in [5.41, 5.74) is 0.704. The Kier molecular flexibility index (Phi) is 3.06. The summed E-state index contributed by atoms with van der Waals surface area (Å²) >= 11 is 5.80. The van der Waals surface area contributed by atoms with Gasteiger partial charge in [0.1, 0.15) is 0 Å². The van der Waals surface area contributed by atoms with E-state index in [0.717, 1.165) is 6.42 Å². The first-order valence-corrected chi connectivity index (χ1v) is 6.64. The van der Waals surface area contributed by atoms with Crippen molar-refractivity contribution in [1.82, 2.24) is 10.2 Å². The molecule has 0 radical (unpaired) electrons. The number of likely N-dealkylation sites (tertiary alicyclic amines) is 1. The van der Waals surface area contributed by atoms with Gasteiger partial charge in [-0.25, -0.2) is 4.79 Å². The van der Waals surface area contributed by atoms with Crippen LogP contribution in [-0.4, -0.2) is 35.5 Å². The Labute approximate surface area is 115 Å². The van der Waals surface area contributed by atoms with Crippen LogP contribution in [0, 0.1) is 0 Å². The van der Waals surface area contributed by atoms with Crippen molar-refractivity contribution in [1.29, 1.82) is 0 Å². The molecule has 1 aromatic carbocycles. The zero-order valence-electron chi connectivity index (χ0n) is 10.2. The number of fused-ring (bicyclic) bond motifs is 1. The van der Waals surface area contributed by atoms with E-state index in [2.05, 4.69) is 10.6 Å². The SMILES string of the molecule is O=C1C[C@H]2[C@H](CCN2C(=O)Nc2ccc(Cl)cc2)N1. The van der Waals surface area contributed by atoms with Gasteiger partial charge >= 0.3 is 6.03 Å². The predicted octanol–water partition coefficient (Wildman–Crippen LogP) is 1.83. The van der Waals surface area contributed by atoms with E-state index < -0.39 is 0 Å². The van der Waals surface area contributed by atoms with E-state index in [1.807, 2.05) is 0 Å². The molecule has 3 rings (SSSR count). The van der Waals surface area contributed by atoms with Gasteiger partial charge < -0.3 is 15.5 Å². The number of nitrogens with zero attached hydrogens (tertiary/aromatic N) is 1. The van der Waals surface area contributed by atoms with Crippen LogP contribution in [0.1, 0.15) is 12.8 Å². The van der Waals surface area contributed by atoms with Crippen LogP contribution in [0.2, 0.25) is 5.02 Å². The first-order valence-electron chi connectivity index (χ1n) is 6.26. The molecule has 19 heavy (non-hydrogen) atoms. The van der Waals surface area contributed by atoms with Gasteiger partial charge in [0.15, 0.2) is 0 Å². The second-order valence-corrected chi connectivity index (χ2v) is 5.30. The van der Waals surface area contributed by atoms with Crippen molar-refractivity contribution in [2.45, 2.75) is 24.9 Å². The largest absolute Gasteiger partial charge is 0.351 e. The van der Waals surface area contributed by atoms with Crippen molar-refractivity contribution in [3.05, 3.63) is 29.3 Å². The standard InChI is InChI=1S/C13H14ClN3O2/c14-8-1-3-9(4-2-8)15-13(19)17-6-5-10-11(17)7-12(18)16-10/h1-4,10-11H,5-7H2,(H,15,19)(H,16,18)/t10-,11-/m0/s1. The molecule has 3 amide bonds. The van der Waals surface area contributed by atoms with Gasteiger partial charge in [0.2, 0.25) is 5.91 Å². The highest BCUT2D eigenvalue weighted by atomic mass is 35.5. The molecular weight excluding hydrogens is 266 g/mol. The molecule has 2 saturated heterocycles. The zero-order valence-corrected chi connectivity index (χ0v) is 11.0. The van der Waals surface area contributed by atoms with Crippen molar-refractivity contribution >= 4 is 29.2 Å². The molecule has 2 aliphatic rings. The number of urea groups is 1. The minimum Gasteiger partial charge on any atom is -0.351 e. The van der Waals surface area contributed by atoms with E-state index in [0.29, 0.717) is 23.7 Å². The lowest BCUT2D eigenvalue weighted by Gasteiger charge is -2.23. The van der Waals surface area contributed by atoms with Crippen molar-refractivity contribution in [2.24, 2.45) is 0 Å². The van der Waals surface area contributed by atoms with Crippen molar-refractivity contribution in [2.75, 3.05) is 11.9 Å². The molecule has 6 heteroatoms. The Balaban J connectivity index is 1.67. The normalized spacial score (nSPS) is 25.1. The number of hydrogen-bond acceptors (Lipinski definition) is 2. The third kappa shape index (κ3) is 2.38. The summed E-state index contributed by atoms with van der Waals surface area (Å²) in [7, 11) is 0. The Morgan fingerprint density at radius 2 is 2.11 bits per heavy atom. The summed E-state index contributed by atoms with van der Waals surface area (Å²) < 4.78 is 0. The van der Waals surface area contributed by atoms with Crippen LogP contribution in [-0.2, 0) is 4.79 Å². The first-order chi connectivity index (χ1) is 9.13. The van der Waals surface area contributed by atoms with Crippen LogP contribution in [0.25, 0.3) is 0 Å². The van der Waals surface area contributed by atoms with Crippen LogP contribution >= 0.6 is 11.6 Å². The highest BCUT2D eigenvalue weighted by Crippen LogP contribution is 2.26. The summed E-state index contributed by atoms with van der Waals surface area (Å²) in [5.74, 6) is 0.0268. The molecule has 5 nitrogen and oxygen atoms in total. The molecule has 1 aromatic rings. The minimum absolute atomic E-state index is 0.0141. The van der Waals surface area contributed by atoms with Crippen LogP contribution in [0.5, 0.6) is 0 Å². The van der Waals surface area contributed by atoms with Crippen LogP contribution < -0.4 is 10.6 Å². The number of rotatable bonds is 1. The van der Waals surface area contributed by atoms with E-state index in [1.54, 1.807) is 29.2 Å². The molecule has 2 N–H and O–H groups in total. The quantitative estimate of drug-likeness (QED) is 0.824.